The SMILES string of the molecule is COc1cc(C(Br)c2c(C)c(C)cc(C)c2C)ccc1F. The highest BCUT2D eigenvalue weighted by Crippen LogP contribution is 2.38. The fourth-order valence-electron chi connectivity index (χ4n) is 2.63. The summed E-state index contributed by atoms with van der Waals surface area (Å²) in [7, 11) is 1.48. The largest absolute Gasteiger partial charge is 0.494 e. The first kappa shape index (κ1) is 16.0. The third kappa shape index (κ3) is 2.98. The van der Waals surface area contributed by atoms with Crippen molar-refractivity contribution in [3.05, 3.63) is 63.5 Å². The average Bonchev–Trinajstić information content (AvgIpc) is 2.45. The molecule has 0 aromatic heterocycles. The van der Waals surface area contributed by atoms with E-state index in [1.54, 1.807) is 12.1 Å². The van der Waals surface area contributed by atoms with Gasteiger partial charge >= 0.3 is 0 Å². The molecule has 2 rings (SSSR count). The fourth-order valence-corrected chi connectivity index (χ4v) is 3.60. The van der Waals surface area contributed by atoms with E-state index < -0.39 is 0 Å². The number of ether oxygens (including phenoxy) is 1. The van der Waals surface area contributed by atoms with Gasteiger partial charge in [0.15, 0.2) is 11.6 Å². The lowest BCUT2D eigenvalue weighted by atomic mass is 9.90. The number of hydrogen-bond acceptors (Lipinski definition) is 1. The lowest BCUT2D eigenvalue weighted by Gasteiger charge is -2.20. The second kappa shape index (κ2) is 6.18. The van der Waals surface area contributed by atoms with Gasteiger partial charge in [-0.1, -0.05) is 28.1 Å². The smallest absolute Gasteiger partial charge is 0.165 e. The van der Waals surface area contributed by atoms with Crippen LogP contribution in [0.2, 0.25) is 0 Å². The highest BCUT2D eigenvalue weighted by Gasteiger charge is 2.19. The fraction of sp³-hybridized carbons (Fsp3) is 0.333. The van der Waals surface area contributed by atoms with Gasteiger partial charge in [-0.2, -0.15) is 0 Å². The Kier molecular flexibility index (Phi) is 4.72. The summed E-state index contributed by atoms with van der Waals surface area (Å²) >= 11 is 3.77. The number of benzene rings is 2. The Labute approximate surface area is 134 Å². The molecule has 2 aromatic rings. The van der Waals surface area contributed by atoms with Crippen LogP contribution >= 0.6 is 15.9 Å². The van der Waals surface area contributed by atoms with Gasteiger partial charge in [0.1, 0.15) is 0 Å². The van der Waals surface area contributed by atoms with Gasteiger partial charge < -0.3 is 4.74 Å². The second-order valence-electron chi connectivity index (χ2n) is 5.43. The number of hydrogen-bond donors (Lipinski definition) is 0. The summed E-state index contributed by atoms with van der Waals surface area (Å²) in [5.74, 6) is -0.0635. The molecule has 0 fully saturated rings. The Morgan fingerprint density at radius 1 is 1.00 bits per heavy atom. The summed E-state index contributed by atoms with van der Waals surface area (Å²) in [6, 6.07) is 7.22. The normalized spacial score (nSPS) is 12.3. The third-order valence-corrected chi connectivity index (χ3v) is 5.13. The molecule has 3 heteroatoms. The van der Waals surface area contributed by atoms with E-state index in [0.717, 1.165) is 5.56 Å². The van der Waals surface area contributed by atoms with Gasteiger partial charge in [-0.15, -0.1) is 0 Å². The molecule has 0 amide bonds. The molecule has 0 aliphatic heterocycles. The molecule has 1 atom stereocenters. The van der Waals surface area contributed by atoms with Gasteiger partial charge in [-0.25, -0.2) is 4.39 Å². The van der Waals surface area contributed by atoms with Crippen LogP contribution in [0.4, 0.5) is 4.39 Å². The number of alkyl halides is 1. The minimum Gasteiger partial charge on any atom is -0.494 e. The van der Waals surface area contributed by atoms with Crippen LogP contribution in [0.1, 0.15) is 38.2 Å². The molecule has 1 nitrogen and oxygen atoms in total. The molecule has 0 saturated heterocycles. The standard InChI is InChI=1S/C18H20BrFO/c1-10-8-11(2)13(4)17(12(10)3)18(19)14-6-7-15(20)16(9-14)21-5/h6-9,18H,1-5H3. The van der Waals surface area contributed by atoms with E-state index in [-0.39, 0.29) is 16.4 Å². The van der Waals surface area contributed by atoms with Gasteiger partial charge in [-0.3, -0.25) is 0 Å². The third-order valence-electron chi connectivity index (χ3n) is 4.15. The molecule has 1 unspecified atom stereocenters. The van der Waals surface area contributed by atoms with Gasteiger partial charge in [0.25, 0.3) is 0 Å². The van der Waals surface area contributed by atoms with E-state index in [4.69, 9.17) is 4.74 Å². The summed E-state index contributed by atoms with van der Waals surface area (Å²) in [6.45, 7) is 8.50. The molecule has 0 spiro atoms. The molecule has 0 bridgehead atoms. The highest BCUT2D eigenvalue weighted by molar-refractivity contribution is 9.09. The molecule has 0 heterocycles. The van der Waals surface area contributed by atoms with Crippen LogP contribution in [0.3, 0.4) is 0 Å². The van der Waals surface area contributed by atoms with Crippen molar-refractivity contribution in [1.29, 1.82) is 0 Å². The van der Waals surface area contributed by atoms with Crippen LogP contribution in [0.25, 0.3) is 0 Å². The monoisotopic (exact) mass is 350 g/mol. The van der Waals surface area contributed by atoms with Crippen molar-refractivity contribution in [2.24, 2.45) is 0 Å². The predicted molar refractivity (Wildman–Crippen MR) is 89.1 cm³/mol. The maximum absolute atomic E-state index is 13.6. The molecule has 0 N–H and O–H groups in total. The number of rotatable bonds is 3. The lowest BCUT2D eigenvalue weighted by Crippen LogP contribution is -2.04. The average molecular weight is 351 g/mol. The molecule has 0 aliphatic rings. The summed E-state index contributed by atoms with van der Waals surface area (Å²) < 4.78 is 18.7. The van der Waals surface area contributed by atoms with E-state index >= 15 is 0 Å². The molecule has 0 radical (unpaired) electrons. The zero-order chi connectivity index (χ0) is 15.7. The number of aryl methyl sites for hydroxylation is 2. The Balaban J connectivity index is 2.57. The summed E-state index contributed by atoms with van der Waals surface area (Å²) in [4.78, 5) is 0.0191. The van der Waals surface area contributed by atoms with Crippen LogP contribution in [-0.4, -0.2) is 7.11 Å². The van der Waals surface area contributed by atoms with Crippen LogP contribution < -0.4 is 4.74 Å². The second-order valence-corrected chi connectivity index (χ2v) is 6.35. The summed E-state index contributed by atoms with van der Waals surface area (Å²) in [5, 5.41) is 0. The minimum atomic E-state index is -0.338. The molecule has 21 heavy (non-hydrogen) atoms. The Bertz CT molecular complexity index is 653. The predicted octanol–water partition coefficient (Wildman–Crippen LogP) is 5.55. The maximum Gasteiger partial charge on any atom is 0.165 e. The first-order chi connectivity index (χ1) is 9.86. The molecule has 0 saturated carbocycles. The van der Waals surface area contributed by atoms with Crippen LogP contribution in [0.5, 0.6) is 5.75 Å². The quantitative estimate of drug-likeness (QED) is 0.659. The van der Waals surface area contributed by atoms with Crippen molar-refractivity contribution < 1.29 is 9.13 Å². The zero-order valence-electron chi connectivity index (χ0n) is 13.1. The minimum absolute atomic E-state index is 0.0191. The molecular formula is C18H20BrFO. The van der Waals surface area contributed by atoms with Crippen LogP contribution in [0.15, 0.2) is 24.3 Å². The van der Waals surface area contributed by atoms with Crippen molar-refractivity contribution >= 4 is 15.9 Å². The molecule has 2 aromatic carbocycles. The van der Waals surface area contributed by atoms with E-state index in [9.17, 15) is 4.39 Å². The van der Waals surface area contributed by atoms with Crippen molar-refractivity contribution in [1.82, 2.24) is 0 Å². The van der Waals surface area contributed by atoms with Gasteiger partial charge in [0, 0.05) is 0 Å². The molecule has 112 valence electrons. The van der Waals surface area contributed by atoms with Gasteiger partial charge in [-0.05, 0) is 73.2 Å². The van der Waals surface area contributed by atoms with Crippen LogP contribution in [0, 0.1) is 33.5 Å². The Hall–Kier alpha value is -1.35. The molecule has 0 aliphatic carbocycles. The van der Waals surface area contributed by atoms with E-state index in [2.05, 4.69) is 49.7 Å². The summed E-state index contributed by atoms with van der Waals surface area (Å²) in [6.07, 6.45) is 0. The van der Waals surface area contributed by atoms with Gasteiger partial charge in [0.2, 0.25) is 0 Å². The highest BCUT2D eigenvalue weighted by atomic mass is 79.9. The first-order valence-corrected chi connectivity index (χ1v) is 7.83. The Morgan fingerprint density at radius 2 is 1.57 bits per heavy atom. The Morgan fingerprint density at radius 3 is 2.10 bits per heavy atom. The van der Waals surface area contributed by atoms with E-state index in [1.165, 1.54) is 41.0 Å². The zero-order valence-corrected chi connectivity index (χ0v) is 14.6. The van der Waals surface area contributed by atoms with Crippen molar-refractivity contribution in [3.63, 3.8) is 0 Å². The number of methoxy groups -OCH3 is 1. The van der Waals surface area contributed by atoms with Crippen molar-refractivity contribution in [2.45, 2.75) is 32.5 Å². The van der Waals surface area contributed by atoms with Crippen molar-refractivity contribution in [3.8, 4) is 5.75 Å². The first-order valence-electron chi connectivity index (χ1n) is 6.91. The van der Waals surface area contributed by atoms with E-state index in [0.29, 0.717) is 0 Å². The van der Waals surface area contributed by atoms with Gasteiger partial charge in [0.05, 0.1) is 11.9 Å². The van der Waals surface area contributed by atoms with Crippen LogP contribution in [-0.2, 0) is 0 Å². The summed E-state index contributed by atoms with van der Waals surface area (Å²) in [5.41, 5.74) is 7.32. The topological polar surface area (TPSA) is 9.23 Å². The van der Waals surface area contributed by atoms with Crippen molar-refractivity contribution in [2.75, 3.05) is 7.11 Å². The molecular weight excluding hydrogens is 331 g/mol. The van der Waals surface area contributed by atoms with E-state index in [1.807, 2.05) is 0 Å². The maximum atomic E-state index is 13.6. The number of halogens is 2. The lowest BCUT2D eigenvalue weighted by molar-refractivity contribution is 0.386.